The Hall–Kier alpha value is -1.06. The maximum atomic E-state index is 11.5. The van der Waals surface area contributed by atoms with Crippen LogP contribution in [0.2, 0.25) is 0 Å². The Labute approximate surface area is 116 Å². The van der Waals surface area contributed by atoms with E-state index in [1.165, 1.54) is 6.42 Å². The minimum absolute atomic E-state index is 0.0300. The largest absolute Gasteiger partial charge is 0.466 e. The smallest absolute Gasteiger partial charge is 0.306 e. The molecule has 4 heteroatoms. The molecule has 0 aliphatic rings. The van der Waals surface area contributed by atoms with Gasteiger partial charge in [0.15, 0.2) is 0 Å². The molecule has 0 aromatic rings. The number of unbranched alkanes of at least 4 members (excludes halogenated alkanes) is 3. The topological polar surface area (TPSA) is 52.6 Å². The fourth-order valence-corrected chi connectivity index (χ4v) is 1.69. The molecule has 0 aliphatic heterocycles. The summed E-state index contributed by atoms with van der Waals surface area (Å²) < 4.78 is 10.3. The van der Waals surface area contributed by atoms with Crippen LogP contribution >= 0.6 is 0 Å². The van der Waals surface area contributed by atoms with Crippen LogP contribution in [-0.4, -0.2) is 24.6 Å². The molecule has 0 atom stereocenters. The molecule has 0 rings (SSSR count). The molecule has 0 saturated heterocycles. The van der Waals surface area contributed by atoms with E-state index in [0.29, 0.717) is 6.61 Å². The van der Waals surface area contributed by atoms with Gasteiger partial charge in [-0.05, 0) is 19.3 Å². The molecule has 0 aromatic carbocycles. The van der Waals surface area contributed by atoms with E-state index in [9.17, 15) is 9.59 Å². The predicted molar refractivity (Wildman–Crippen MR) is 74.8 cm³/mol. The average Bonchev–Trinajstić information content (AvgIpc) is 2.42. The molecule has 0 radical (unpaired) electrons. The Morgan fingerprint density at radius 3 is 2.11 bits per heavy atom. The van der Waals surface area contributed by atoms with Crippen molar-refractivity contribution in [2.75, 3.05) is 6.61 Å². The maximum absolute atomic E-state index is 11.5. The van der Waals surface area contributed by atoms with Crippen molar-refractivity contribution in [2.24, 2.45) is 0 Å². The fourth-order valence-electron chi connectivity index (χ4n) is 1.69. The second-order valence-corrected chi connectivity index (χ2v) is 4.71. The molecular formula is C15H28O4. The third-order valence-electron chi connectivity index (χ3n) is 3.00. The van der Waals surface area contributed by atoms with Gasteiger partial charge in [0.2, 0.25) is 0 Å². The first-order chi connectivity index (χ1) is 9.13. The second kappa shape index (κ2) is 12.0. The SMILES string of the molecule is CCCCCCOC(=O)CCC(=O)OC(CC)CC. The third-order valence-corrected chi connectivity index (χ3v) is 3.00. The summed E-state index contributed by atoms with van der Waals surface area (Å²) in [6.45, 7) is 6.55. The number of carbonyl (C=O) groups is 2. The molecule has 0 fully saturated rings. The molecule has 0 aromatic heterocycles. The van der Waals surface area contributed by atoms with Crippen molar-refractivity contribution in [1.82, 2.24) is 0 Å². The highest BCUT2D eigenvalue weighted by Gasteiger charge is 2.13. The van der Waals surface area contributed by atoms with Crippen LogP contribution in [0.25, 0.3) is 0 Å². The van der Waals surface area contributed by atoms with Crippen LogP contribution < -0.4 is 0 Å². The van der Waals surface area contributed by atoms with Gasteiger partial charge in [0.05, 0.1) is 19.4 Å². The molecule has 0 saturated carbocycles. The van der Waals surface area contributed by atoms with Crippen molar-refractivity contribution in [3.63, 3.8) is 0 Å². The summed E-state index contributed by atoms with van der Waals surface area (Å²) in [5.41, 5.74) is 0. The Morgan fingerprint density at radius 1 is 0.895 bits per heavy atom. The lowest BCUT2D eigenvalue weighted by atomic mass is 10.2. The summed E-state index contributed by atoms with van der Waals surface area (Å²) in [4.78, 5) is 22.8. The average molecular weight is 272 g/mol. The fraction of sp³-hybridized carbons (Fsp3) is 0.867. The molecular weight excluding hydrogens is 244 g/mol. The lowest BCUT2D eigenvalue weighted by Gasteiger charge is -2.13. The van der Waals surface area contributed by atoms with Gasteiger partial charge in [-0.3, -0.25) is 9.59 Å². The molecule has 0 unspecified atom stereocenters. The summed E-state index contributed by atoms with van der Waals surface area (Å²) in [6, 6.07) is 0. The van der Waals surface area contributed by atoms with Crippen LogP contribution in [0.15, 0.2) is 0 Å². The molecule has 0 aliphatic carbocycles. The van der Waals surface area contributed by atoms with Crippen molar-refractivity contribution in [3.8, 4) is 0 Å². The van der Waals surface area contributed by atoms with E-state index < -0.39 is 0 Å². The second-order valence-electron chi connectivity index (χ2n) is 4.71. The lowest BCUT2D eigenvalue weighted by Crippen LogP contribution is -2.17. The summed E-state index contributed by atoms with van der Waals surface area (Å²) >= 11 is 0. The summed E-state index contributed by atoms with van der Waals surface area (Å²) in [7, 11) is 0. The zero-order valence-electron chi connectivity index (χ0n) is 12.6. The van der Waals surface area contributed by atoms with Gasteiger partial charge in [0.25, 0.3) is 0 Å². The predicted octanol–water partition coefficient (Wildman–Crippen LogP) is 3.62. The van der Waals surface area contributed by atoms with E-state index in [0.717, 1.165) is 32.1 Å². The molecule has 0 spiro atoms. The van der Waals surface area contributed by atoms with Gasteiger partial charge < -0.3 is 9.47 Å². The van der Waals surface area contributed by atoms with Crippen LogP contribution in [0, 0.1) is 0 Å². The molecule has 19 heavy (non-hydrogen) atoms. The van der Waals surface area contributed by atoms with E-state index in [4.69, 9.17) is 9.47 Å². The van der Waals surface area contributed by atoms with Crippen molar-refractivity contribution in [3.05, 3.63) is 0 Å². The Balaban J connectivity index is 3.58. The molecule has 0 N–H and O–H groups in total. The molecule has 0 heterocycles. The van der Waals surface area contributed by atoms with E-state index in [1.807, 2.05) is 13.8 Å². The zero-order chi connectivity index (χ0) is 14.5. The standard InChI is InChI=1S/C15H28O4/c1-4-7-8-9-12-18-14(16)10-11-15(17)19-13(5-2)6-3/h13H,4-12H2,1-3H3. The molecule has 4 nitrogen and oxygen atoms in total. The summed E-state index contributed by atoms with van der Waals surface area (Å²) in [5.74, 6) is -0.616. The third kappa shape index (κ3) is 10.5. The summed E-state index contributed by atoms with van der Waals surface area (Å²) in [5, 5.41) is 0. The quantitative estimate of drug-likeness (QED) is 0.426. The zero-order valence-corrected chi connectivity index (χ0v) is 12.6. The first-order valence-electron chi connectivity index (χ1n) is 7.49. The van der Waals surface area contributed by atoms with Crippen LogP contribution in [-0.2, 0) is 19.1 Å². The van der Waals surface area contributed by atoms with Crippen LogP contribution in [0.5, 0.6) is 0 Å². The van der Waals surface area contributed by atoms with Gasteiger partial charge in [-0.25, -0.2) is 0 Å². The van der Waals surface area contributed by atoms with Gasteiger partial charge in [-0.1, -0.05) is 40.0 Å². The van der Waals surface area contributed by atoms with Crippen LogP contribution in [0.1, 0.15) is 72.1 Å². The van der Waals surface area contributed by atoms with Crippen LogP contribution in [0.4, 0.5) is 0 Å². The minimum atomic E-state index is -0.309. The van der Waals surface area contributed by atoms with Gasteiger partial charge in [0.1, 0.15) is 6.10 Å². The van der Waals surface area contributed by atoms with E-state index in [1.54, 1.807) is 0 Å². The van der Waals surface area contributed by atoms with Crippen molar-refractivity contribution < 1.29 is 19.1 Å². The van der Waals surface area contributed by atoms with Gasteiger partial charge in [-0.2, -0.15) is 0 Å². The van der Waals surface area contributed by atoms with E-state index in [-0.39, 0.29) is 30.9 Å². The highest BCUT2D eigenvalue weighted by atomic mass is 16.5. The highest BCUT2D eigenvalue weighted by Crippen LogP contribution is 2.06. The van der Waals surface area contributed by atoms with E-state index >= 15 is 0 Å². The molecule has 0 bridgehead atoms. The van der Waals surface area contributed by atoms with Crippen molar-refractivity contribution in [1.29, 1.82) is 0 Å². The van der Waals surface area contributed by atoms with Gasteiger partial charge in [0, 0.05) is 0 Å². The first-order valence-corrected chi connectivity index (χ1v) is 7.49. The molecule has 0 amide bonds. The normalized spacial score (nSPS) is 10.5. The number of ether oxygens (including phenoxy) is 2. The number of hydrogen-bond donors (Lipinski definition) is 0. The lowest BCUT2D eigenvalue weighted by molar-refractivity contribution is -0.154. The Morgan fingerprint density at radius 2 is 1.53 bits per heavy atom. The first kappa shape index (κ1) is 17.9. The number of esters is 2. The number of carbonyl (C=O) groups excluding carboxylic acids is 2. The van der Waals surface area contributed by atoms with Crippen molar-refractivity contribution in [2.45, 2.75) is 78.2 Å². The number of hydrogen-bond acceptors (Lipinski definition) is 4. The van der Waals surface area contributed by atoms with E-state index in [2.05, 4.69) is 6.92 Å². The number of rotatable bonds is 11. The Kier molecular flexibility index (Phi) is 11.3. The summed E-state index contributed by atoms with van der Waals surface area (Å²) in [6.07, 6.45) is 6.14. The highest BCUT2D eigenvalue weighted by molar-refractivity contribution is 5.77. The van der Waals surface area contributed by atoms with Crippen molar-refractivity contribution >= 4 is 11.9 Å². The monoisotopic (exact) mass is 272 g/mol. The molecule has 112 valence electrons. The maximum Gasteiger partial charge on any atom is 0.306 e. The van der Waals surface area contributed by atoms with Gasteiger partial charge >= 0.3 is 11.9 Å². The Bertz CT molecular complexity index is 247. The minimum Gasteiger partial charge on any atom is -0.466 e. The van der Waals surface area contributed by atoms with Gasteiger partial charge in [-0.15, -0.1) is 0 Å². The van der Waals surface area contributed by atoms with Crippen LogP contribution in [0.3, 0.4) is 0 Å².